The van der Waals surface area contributed by atoms with Gasteiger partial charge in [0.25, 0.3) is 25.8 Å². The third kappa shape index (κ3) is 12.8. The highest BCUT2D eigenvalue weighted by atomic mass is 35.5. The van der Waals surface area contributed by atoms with Crippen LogP contribution in [-0.2, 0) is 19.9 Å². The van der Waals surface area contributed by atoms with Gasteiger partial charge in [0.1, 0.15) is 4.90 Å². The molecular formula is C53H66ClF3N6O5S3. The largest absolute Gasteiger partial charge is 0.501 e. The minimum Gasteiger partial charge on any atom is -0.380 e. The average molecular weight is 1060 g/mol. The first-order chi connectivity index (χ1) is 33.5. The van der Waals surface area contributed by atoms with Gasteiger partial charge in [0.2, 0.25) is 0 Å². The summed E-state index contributed by atoms with van der Waals surface area (Å²) in [6.07, 6.45) is 5.67. The second kappa shape index (κ2) is 21.4. The van der Waals surface area contributed by atoms with Gasteiger partial charge in [-0.2, -0.15) is 13.2 Å². The quantitative estimate of drug-likeness (QED) is 0.104. The van der Waals surface area contributed by atoms with E-state index in [4.69, 9.17) is 11.6 Å². The number of halogens is 4. The maximum atomic E-state index is 14.4. The van der Waals surface area contributed by atoms with E-state index in [9.17, 15) is 34.8 Å². The standard InChI is InChI=1S/C53H66ClF3N6O5S3/c1-51(2,3)62-29-27-60(28-30-62)26-24-41(36-69-45-9-7-6-8-10-45)58-48-22-21-46(31-49(48)70(65,66)53(55,56)57)71(67,68)59-50(64)38-13-17-42(18-14-38)63-43-19-20-44(63)35-61(34-43)33-39-32-52(4,5)25-23-47(39)37-11-15-40(54)16-12-37/h6-18,21-22,31,41,43-44,58H,19-20,23-30,32-36H2,1-5H3,(H,59,64). The summed E-state index contributed by atoms with van der Waals surface area (Å²) in [7, 11) is -10.9. The number of fused-ring (bicyclic) bond motifs is 2. The molecule has 2 N–H and O–H groups in total. The molecule has 4 aliphatic rings. The monoisotopic (exact) mass is 1050 g/mol. The van der Waals surface area contributed by atoms with E-state index in [1.165, 1.54) is 40.6 Å². The molecule has 18 heteroatoms. The molecule has 1 aliphatic carbocycles. The van der Waals surface area contributed by atoms with Crippen LogP contribution in [0.5, 0.6) is 0 Å². The molecule has 0 aromatic heterocycles. The number of hydrogen-bond donors (Lipinski definition) is 2. The van der Waals surface area contributed by atoms with Crippen molar-refractivity contribution in [2.75, 3.05) is 68.3 Å². The Bertz CT molecular complexity index is 2770. The third-order valence-corrected chi connectivity index (χ3v) is 18.8. The number of sulfone groups is 1. The Balaban J connectivity index is 0.952. The molecule has 3 heterocycles. The van der Waals surface area contributed by atoms with Crippen molar-refractivity contribution in [3.63, 3.8) is 0 Å². The summed E-state index contributed by atoms with van der Waals surface area (Å²) < 4.78 is 99.0. The summed E-state index contributed by atoms with van der Waals surface area (Å²) in [4.78, 5) is 22.1. The van der Waals surface area contributed by atoms with Crippen LogP contribution in [0.2, 0.25) is 5.02 Å². The Morgan fingerprint density at radius 3 is 2.11 bits per heavy atom. The fraction of sp³-hybridized carbons (Fsp3) is 0.491. The molecular weight excluding hydrogens is 989 g/mol. The first-order valence-corrected chi connectivity index (χ1v) is 28.8. The normalized spacial score (nSPS) is 21.1. The number of nitrogens with zero attached hydrogens (tertiary/aromatic N) is 4. The van der Waals surface area contributed by atoms with Crippen LogP contribution < -0.4 is 14.9 Å². The number of amides is 1. The Labute approximate surface area is 427 Å². The maximum Gasteiger partial charge on any atom is 0.501 e. The molecule has 3 saturated heterocycles. The van der Waals surface area contributed by atoms with Gasteiger partial charge in [0.05, 0.1) is 10.6 Å². The number of rotatable bonds is 16. The van der Waals surface area contributed by atoms with Crippen molar-refractivity contribution in [2.45, 2.75) is 117 Å². The van der Waals surface area contributed by atoms with Gasteiger partial charge in [-0.25, -0.2) is 21.6 Å². The lowest BCUT2D eigenvalue weighted by Gasteiger charge is -2.44. The number of hydrogen-bond acceptors (Lipinski definition) is 11. The highest BCUT2D eigenvalue weighted by Crippen LogP contribution is 2.44. The first-order valence-electron chi connectivity index (χ1n) is 24.5. The number of likely N-dealkylation sites (tertiary alicyclic amines) is 1. The number of anilines is 2. The van der Waals surface area contributed by atoms with E-state index < -0.39 is 47.1 Å². The van der Waals surface area contributed by atoms with Crippen LogP contribution in [0.1, 0.15) is 89.1 Å². The summed E-state index contributed by atoms with van der Waals surface area (Å²) in [6, 6.07) is 26.8. The molecule has 3 atom stereocenters. The van der Waals surface area contributed by atoms with Crippen molar-refractivity contribution in [3.8, 4) is 0 Å². The Morgan fingerprint density at radius 2 is 1.49 bits per heavy atom. The summed E-state index contributed by atoms with van der Waals surface area (Å²) in [5, 5.41) is 3.78. The number of allylic oxidation sites excluding steroid dienone is 1. The van der Waals surface area contributed by atoms with Gasteiger partial charge in [0, 0.05) is 103 Å². The van der Waals surface area contributed by atoms with E-state index in [1.807, 2.05) is 47.2 Å². The van der Waals surface area contributed by atoms with Gasteiger partial charge >= 0.3 is 5.51 Å². The van der Waals surface area contributed by atoms with Crippen molar-refractivity contribution in [2.24, 2.45) is 5.41 Å². The molecule has 4 aromatic rings. The molecule has 11 nitrogen and oxygen atoms in total. The minimum atomic E-state index is -6.07. The van der Waals surface area contributed by atoms with Gasteiger partial charge < -0.3 is 15.1 Å². The van der Waals surface area contributed by atoms with E-state index in [0.29, 0.717) is 24.8 Å². The zero-order valence-corrected chi connectivity index (χ0v) is 44.3. The summed E-state index contributed by atoms with van der Waals surface area (Å²) in [6.45, 7) is 17.7. The lowest BCUT2D eigenvalue weighted by molar-refractivity contribution is -0.0435. The molecule has 384 valence electrons. The Kier molecular flexibility index (Phi) is 16.0. The minimum absolute atomic E-state index is 0.0184. The van der Waals surface area contributed by atoms with Crippen LogP contribution in [0.25, 0.3) is 5.57 Å². The Hall–Kier alpha value is -4.10. The van der Waals surface area contributed by atoms with E-state index in [2.05, 4.69) is 71.7 Å². The number of benzene rings is 4. The summed E-state index contributed by atoms with van der Waals surface area (Å²) in [5.41, 5.74) is -0.845. The van der Waals surface area contributed by atoms with Crippen molar-refractivity contribution >= 4 is 66.1 Å². The SMILES string of the molecule is CC1(C)CCC(c2ccc(Cl)cc2)=C(CN2CC3CCC(C2)N3c2ccc(C(=O)NS(=O)(=O)c3ccc(NC(CCN4CCN(C(C)(C)C)CC4)CSc4ccccc4)c(S(=O)(=O)C(F)(F)F)c3)cc2)C1. The van der Waals surface area contributed by atoms with Crippen molar-refractivity contribution in [3.05, 3.63) is 119 Å². The van der Waals surface area contributed by atoms with Gasteiger partial charge in [-0.3, -0.25) is 14.6 Å². The second-order valence-corrected chi connectivity index (χ2v) is 26.4. The fourth-order valence-electron chi connectivity index (χ4n) is 10.6. The molecule has 1 amide bonds. The van der Waals surface area contributed by atoms with Crippen LogP contribution >= 0.6 is 23.4 Å². The highest BCUT2D eigenvalue weighted by Gasteiger charge is 2.49. The van der Waals surface area contributed by atoms with Crippen LogP contribution in [0.15, 0.2) is 117 Å². The number of sulfonamides is 1. The zero-order chi connectivity index (χ0) is 50.9. The van der Waals surface area contributed by atoms with Crippen LogP contribution in [-0.4, -0.2) is 125 Å². The molecule has 3 unspecified atom stereocenters. The number of thioether (sulfide) groups is 1. The van der Waals surface area contributed by atoms with Crippen molar-refractivity contribution in [1.29, 1.82) is 0 Å². The molecule has 71 heavy (non-hydrogen) atoms. The maximum absolute atomic E-state index is 14.4. The number of nitrogens with one attached hydrogen (secondary N) is 2. The van der Waals surface area contributed by atoms with E-state index in [1.54, 1.807) is 12.1 Å². The highest BCUT2D eigenvalue weighted by molar-refractivity contribution is 7.99. The molecule has 2 bridgehead atoms. The summed E-state index contributed by atoms with van der Waals surface area (Å²) >= 11 is 7.71. The fourth-order valence-corrected chi connectivity index (χ4v) is 13.8. The smallest absolute Gasteiger partial charge is 0.380 e. The number of carbonyl (C=O) groups excluding carboxylic acids is 1. The van der Waals surface area contributed by atoms with Crippen LogP contribution in [0.3, 0.4) is 0 Å². The Morgan fingerprint density at radius 1 is 0.845 bits per heavy atom. The molecule has 8 rings (SSSR count). The number of alkyl halides is 3. The molecule has 0 spiro atoms. The third-order valence-electron chi connectivity index (χ3n) is 14.5. The lowest BCUT2D eigenvalue weighted by atomic mass is 9.72. The predicted molar refractivity (Wildman–Crippen MR) is 279 cm³/mol. The zero-order valence-electron chi connectivity index (χ0n) is 41.1. The lowest BCUT2D eigenvalue weighted by Crippen LogP contribution is -2.54. The number of carbonyl (C=O) groups is 1. The average Bonchev–Trinajstić information content (AvgIpc) is 3.58. The molecule has 0 radical (unpaired) electrons. The van der Waals surface area contributed by atoms with E-state index >= 15 is 0 Å². The van der Waals surface area contributed by atoms with E-state index in [-0.39, 0.29) is 34.3 Å². The van der Waals surface area contributed by atoms with Crippen molar-refractivity contribution in [1.82, 2.24) is 19.4 Å². The topological polar surface area (TPSA) is 122 Å². The van der Waals surface area contributed by atoms with Crippen molar-refractivity contribution < 1.29 is 34.8 Å². The van der Waals surface area contributed by atoms with Gasteiger partial charge in [-0.1, -0.05) is 61.4 Å². The van der Waals surface area contributed by atoms with Crippen LogP contribution in [0.4, 0.5) is 24.5 Å². The molecule has 3 fully saturated rings. The molecule has 3 aliphatic heterocycles. The summed E-state index contributed by atoms with van der Waals surface area (Å²) in [5.74, 6) is -0.624. The number of piperazine rings is 2. The predicted octanol–water partition coefficient (Wildman–Crippen LogP) is 10.4. The second-order valence-electron chi connectivity index (χ2n) is 21.3. The molecule has 4 aromatic carbocycles. The van der Waals surface area contributed by atoms with E-state index in [0.717, 1.165) is 106 Å². The molecule has 0 saturated carbocycles. The first kappa shape index (κ1) is 53.2. The van der Waals surface area contributed by atoms with Crippen LogP contribution in [0, 0.1) is 5.41 Å². The van der Waals surface area contributed by atoms with Gasteiger partial charge in [0.15, 0.2) is 0 Å². The van der Waals surface area contributed by atoms with Gasteiger partial charge in [-0.05, 0) is 143 Å². The van der Waals surface area contributed by atoms with Gasteiger partial charge in [-0.15, -0.1) is 11.8 Å².